The summed E-state index contributed by atoms with van der Waals surface area (Å²) in [5, 5.41) is 4.08. The van der Waals surface area contributed by atoms with Crippen LogP contribution in [0.1, 0.15) is 0 Å². The lowest BCUT2D eigenvalue weighted by molar-refractivity contribution is 1.72. The van der Waals surface area contributed by atoms with E-state index >= 15 is 0 Å². The Hall–Kier alpha value is -1.86. The van der Waals surface area contributed by atoms with E-state index in [9.17, 15) is 0 Å². The molecular weight excluding hydrogens is 224 g/mol. The molecule has 0 atom stereocenters. The van der Waals surface area contributed by atoms with Gasteiger partial charge in [0.2, 0.25) is 0 Å². The average molecular weight is 240 g/mol. The Bertz CT molecular complexity index is 315. The molecule has 86 valence electrons. The first kappa shape index (κ1) is 13.2. The summed E-state index contributed by atoms with van der Waals surface area (Å²) in [5.74, 6) is 0. The highest BCUT2D eigenvalue weighted by Crippen LogP contribution is 1.91. The van der Waals surface area contributed by atoms with Crippen LogP contribution in [0.3, 0.4) is 0 Å². The van der Waals surface area contributed by atoms with Gasteiger partial charge in [-0.1, -0.05) is 84.9 Å². The quantitative estimate of drug-likeness (QED) is 0.511. The van der Waals surface area contributed by atoms with E-state index < -0.39 is 0 Å². The zero-order valence-corrected chi connectivity index (χ0v) is 10.5. The van der Waals surface area contributed by atoms with E-state index in [0.29, 0.717) is 0 Å². The van der Waals surface area contributed by atoms with Gasteiger partial charge in [0, 0.05) is 0 Å². The molecule has 0 aliphatic rings. The van der Waals surface area contributed by atoms with E-state index in [0.717, 1.165) is 0 Å². The summed E-state index contributed by atoms with van der Waals surface area (Å²) in [4.78, 5) is 0. The Morgan fingerprint density at radius 2 is 0.529 bits per heavy atom. The van der Waals surface area contributed by atoms with Crippen molar-refractivity contribution < 1.29 is 0 Å². The van der Waals surface area contributed by atoms with Crippen LogP contribution in [0.5, 0.6) is 0 Å². The molecule has 3 aromatic rings. The summed E-state index contributed by atoms with van der Waals surface area (Å²) in [6.07, 6.45) is 0. The summed E-state index contributed by atoms with van der Waals surface area (Å²) < 4.78 is 0. The molecule has 0 saturated carbocycles. The van der Waals surface area contributed by atoms with Gasteiger partial charge in [0.1, 0.15) is 0 Å². The standard InChI is InChI=1S/2C6H6.C4H4S/c2*1-2-4-6-5-3-1;1-2-4-5-3-1/h2*1-6H;1-4H. The lowest BCUT2D eigenvalue weighted by Gasteiger charge is -1.69. The van der Waals surface area contributed by atoms with Crippen molar-refractivity contribution in [3.63, 3.8) is 0 Å². The predicted molar refractivity (Wildman–Crippen MR) is 77.2 cm³/mol. The molecule has 0 bridgehead atoms. The van der Waals surface area contributed by atoms with Gasteiger partial charge < -0.3 is 0 Å². The minimum atomic E-state index is 1.71. The zero-order valence-electron chi connectivity index (χ0n) is 9.65. The molecule has 0 unspecified atom stereocenters. The van der Waals surface area contributed by atoms with Crippen molar-refractivity contribution in [2.24, 2.45) is 0 Å². The maximum atomic E-state index is 2.04. The highest BCUT2D eigenvalue weighted by atomic mass is 32.1. The zero-order chi connectivity index (χ0) is 12.0. The number of hydrogen-bond acceptors (Lipinski definition) is 1. The molecule has 0 fully saturated rings. The van der Waals surface area contributed by atoms with Crippen LogP contribution in [0, 0.1) is 0 Å². The third-order valence-electron chi connectivity index (χ3n) is 1.76. The topological polar surface area (TPSA) is 0 Å². The molecule has 1 heterocycles. The molecule has 0 radical (unpaired) electrons. The van der Waals surface area contributed by atoms with Crippen LogP contribution in [0.2, 0.25) is 0 Å². The minimum absolute atomic E-state index is 1.71. The molecule has 0 N–H and O–H groups in total. The summed E-state index contributed by atoms with van der Waals surface area (Å²) in [6.45, 7) is 0. The average Bonchev–Trinajstić information content (AvgIpc) is 3.03. The van der Waals surface area contributed by atoms with Gasteiger partial charge in [-0.05, 0) is 10.8 Å². The Balaban J connectivity index is 0.000000128. The van der Waals surface area contributed by atoms with Gasteiger partial charge in [0.05, 0.1) is 0 Å². The predicted octanol–water partition coefficient (Wildman–Crippen LogP) is 5.12. The van der Waals surface area contributed by atoms with Crippen LogP contribution >= 0.6 is 11.3 Å². The minimum Gasteiger partial charge on any atom is -0.152 e. The van der Waals surface area contributed by atoms with Gasteiger partial charge in [0.15, 0.2) is 0 Å². The van der Waals surface area contributed by atoms with Crippen LogP contribution in [-0.2, 0) is 0 Å². The largest absolute Gasteiger partial charge is 0.152 e. The highest BCUT2D eigenvalue weighted by molar-refractivity contribution is 7.07. The van der Waals surface area contributed by atoms with Gasteiger partial charge in [-0.3, -0.25) is 0 Å². The van der Waals surface area contributed by atoms with Gasteiger partial charge in [-0.25, -0.2) is 0 Å². The number of hydrogen-bond donors (Lipinski definition) is 0. The van der Waals surface area contributed by atoms with Crippen LogP contribution < -0.4 is 0 Å². The van der Waals surface area contributed by atoms with Gasteiger partial charge >= 0.3 is 0 Å². The fourth-order valence-electron chi connectivity index (χ4n) is 0.997. The Kier molecular flexibility index (Phi) is 8.27. The van der Waals surface area contributed by atoms with E-state index in [4.69, 9.17) is 0 Å². The van der Waals surface area contributed by atoms with Crippen molar-refractivity contribution in [1.29, 1.82) is 0 Å². The maximum Gasteiger partial charge on any atom is -0.00934 e. The molecule has 0 aliphatic heterocycles. The molecule has 1 heteroatoms. The molecule has 0 amide bonds. The Morgan fingerprint density at radius 3 is 0.647 bits per heavy atom. The van der Waals surface area contributed by atoms with E-state index in [1.807, 2.05) is 95.7 Å². The van der Waals surface area contributed by atoms with Crippen molar-refractivity contribution in [3.8, 4) is 0 Å². The monoisotopic (exact) mass is 240 g/mol. The molecule has 3 rings (SSSR count). The first-order valence-electron chi connectivity index (χ1n) is 5.47. The highest BCUT2D eigenvalue weighted by Gasteiger charge is 1.59. The molecule has 1 aromatic heterocycles. The van der Waals surface area contributed by atoms with Crippen LogP contribution in [0.25, 0.3) is 0 Å². The van der Waals surface area contributed by atoms with Crippen LogP contribution in [0.4, 0.5) is 0 Å². The Labute approximate surface area is 107 Å². The van der Waals surface area contributed by atoms with Crippen molar-refractivity contribution in [1.82, 2.24) is 0 Å². The van der Waals surface area contributed by atoms with Crippen molar-refractivity contribution in [3.05, 3.63) is 95.7 Å². The van der Waals surface area contributed by atoms with Crippen LogP contribution in [-0.4, -0.2) is 0 Å². The normalized spacial score (nSPS) is 8.00. The van der Waals surface area contributed by atoms with E-state index in [1.54, 1.807) is 11.3 Å². The summed E-state index contributed by atoms with van der Waals surface area (Å²) >= 11 is 1.71. The first-order chi connectivity index (χ1) is 8.50. The fraction of sp³-hybridized carbons (Fsp3) is 0. The van der Waals surface area contributed by atoms with Crippen molar-refractivity contribution in [2.75, 3.05) is 0 Å². The molecule has 0 nitrogen and oxygen atoms in total. The molecule has 17 heavy (non-hydrogen) atoms. The lowest BCUT2D eigenvalue weighted by Crippen LogP contribution is -1.47. The lowest BCUT2D eigenvalue weighted by atomic mass is 10.4. The van der Waals surface area contributed by atoms with E-state index in [-0.39, 0.29) is 0 Å². The molecular formula is C16H16S. The second-order valence-corrected chi connectivity index (χ2v) is 3.92. The second kappa shape index (κ2) is 10.7. The molecule has 0 spiro atoms. The molecule has 2 aromatic carbocycles. The number of thiophene rings is 1. The van der Waals surface area contributed by atoms with Gasteiger partial charge in [-0.2, -0.15) is 11.3 Å². The SMILES string of the molecule is c1ccccc1.c1ccccc1.c1ccsc1. The second-order valence-electron chi connectivity index (χ2n) is 3.10. The summed E-state index contributed by atoms with van der Waals surface area (Å²) in [7, 11) is 0. The Morgan fingerprint density at radius 1 is 0.294 bits per heavy atom. The van der Waals surface area contributed by atoms with Gasteiger partial charge in [-0.15, -0.1) is 0 Å². The maximum absolute atomic E-state index is 2.04. The number of rotatable bonds is 0. The first-order valence-corrected chi connectivity index (χ1v) is 6.41. The van der Waals surface area contributed by atoms with E-state index in [2.05, 4.69) is 0 Å². The van der Waals surface area contributed by atoms with Gasteiger partial charge in [0.25, 0.3) is 0 Å². The third-order valence-corrected chi connectivity index (χ3v) is 2.39. The van der Waals surface area contributed by atoms with Crippen molar-refractivity contribution in [2.45, 2.75) is 0 Å². The molecule has 0 saturated heterocycles. The molecule has 0 aliphatic carbocycles. The van der Waals surface area contributed by atoms with Crippen molar-refractivity contribution >= 4 is 11.3 Å². The summed E-state index contributed by atoms with van der Waals surface area (Å²) in [6, 6.07) is 28.0. The third kappa shape index (κ3) is 9.09. The van der Waals surface area contributed by atoms with E-state index in [1.165, 1.54) is 0 Å². The smallest absolute Gasteiger partial charge is 0.00934 e. The summed E-state index contributed by atoms with van der Waals surface area (Å²) in [5.41, 5.74) is 0. The van der Waals surface area contributed by atoms with Crippen LogP contribution in [0.15, 0.2) is 95.7 Å². The number of benzene rings is 2. The fourth-order valence-corrected chi connectivity index (χ4v) is 1.45.